The van der Waals surface area contributed by atoms with E-state index in [4.69, 9.17) is 4.98 Å². The third kappa shape index (κ3) is 5.48. The molecule has 0 aliphatic carbocycles. The number of aromatic nitrogens is 2. The molecule has 0 radical (unpaired) electrons. The first kappa shape index (κ1) is 16.9. The zero-order valence-corrected chi connectivity index (χ0v) is 14.1. The molecule has 1 rings (SSSR count). The lowest BCUT2D eigenvalue weighted by Gasteiger charge is -2.32. The molecule has 0 spiro atoms. The van der Waals surface area contributed by atoms with Gasteiger partial charge in [0.1, 0.15) is 0 Å². The summed E-state index contributed by atoms with van der Waals surface area (Å²) in [5, 5.41) is 0. The Morgan fingerprint density at radius 2 is 1.95 bits per heavy atom. The van der Waals surface area contributed by atoms with E-state index in [0.717, 1.165) is 31.0 Å². The van der Waals surface area contributed by atoms with Crippen molar-refractivity contribution in [1.82, 2.24) is 9.97 Å². The average molecular weight is 277 g/mol. The maximum absolute atomic E-state index is 4.71. The van der Waals surface area contributed by atoms with E-state index in [1.165, 1.54) is 12.8 Å². The molecule has 114 valence electrons. The van der Waals surface area contributed by atoms with Crippen LogP contribution in [-0.4, -0.2) is 22.6 Å². The molecule has 1 aromatic heterocycles. The van der Waals surface area contributed by atoms with Gasteiger partial charge in [-0.1, -0.05) is 41.0 Å². The third-order valence-corrected chi connectivity index (χ3v) is 3.66. The molecule has 20 heavy (non-hydrogen) atoms. The minimum atomic E-state index is 0.340. The van der Waals surface area contributed by atoms with Crippen LogP contribution in [0.15, 0.2) is 12.3 Å². The fourth-order valence-electron chi connectivity index (χ4n) is 2.27. The summed E-state index contributed by atoms with van der Waals surface area (Å²) in [5.74, 6) is 0.898. The molecule has 0 fully saturated rings. The van der Waals surface area contributed by atoms with Crippen molar-refractivity contribution in [3.05, 3.63) is 18.0 Å². The second-order valence-electron chi connectivity index (χ2n) is 6.84. The van der Waals surface area contributed by atoms with Crippen LogP contribution in [0.1, 0.15) is 66.5 Å². The Bertz CT molecular complexity index is 395. The molecule has 1 atom stereocenters. The van der Waals surface area contributed by atoms with Crippen molar-refractivity contribution in [2.75, 3.05) is 11.4 Å². The van der Waals surface area contributed by atoms with Crippen LogP contribution in [0.25, 0.3) is 0 Å². The second-order valence-corrected chi connectivity index (χ2v) is 6.84. The highest BCUT2D eigenvalue weighted by atomic mass is 15.3. The van der Waals surface area contributed by atoms with Gasteiger partial charge >= 0.3 is 0 Å². The highest BCUT2D eigenvalue weighted by molar-refractivity contribution is 5.31. The van der Waals surface area contributed by atoms with Crippen LogP contribution in [0.4, 0.5) is 5.95 Å². The summed E-state index contributed by atoms with van der Waals surface area (Å²) < 4.78 is 0. The van der Waals surface area contributed by atoms with Gasteiger partial charge in [-0.25, -0.2) is 9.97 Å². The monoisotopic (exact) mass is 277 g/mol. The Morgan fingerprint density at radius 3 is 2.50 bits per heavy atom. The quantitative estimate of drug-likeness (QED) is 0.736. The number of nitrogens with zero attached hydrogens (tertiary/aromatic N) is 3. The first-order chi connectivity index (χ1) is 9.37. The first-order valence-electron chi connectivity index (χ1n) is 7.96. The summed E-state index contributed by atoms with van der Waals surface area (Å²) >= 11 is 0. The maximum atomic E-state index is 4.71. The van der Waals surface area contributed by atoms with Gasteiger partial charge in [-0.3, -0.25) is 0 Å². The van der Waals surface area contributed by atoms with Crippen molar-refractivity contribution >= 4 is 5.95 Å². The maximum Gasteiger partial charge on any atom is 0.225 e. The minimum absolute atomic E-state index is 0.340. The van der Waals surface area contributed by atoms with Crippen LogP contribution in [-0.2, 0) is 6.42 Å². The number of aryl methyl sites for hydroxylation is 1. The van der Waals surface area contributed by atoms with Gasteiger partial charge in [0.15, 0.2) is 0 Å². The van der Waals surface area contributed by atoms with Crippen molar-refractivity contribution in [2.24, 2.45) is 5.41 Å². The molecule has 0 saturated carbocycles. The number of anilines is 1. The molecule has 1 aromatic rings. The van der Waals surface area contributed by atoms with Crippen LogP contribution in [0.2, 0.25) is 0 Å². The van der Waals surface area contributed by atoms with Gasteiger partial charge in [0.2, 0.25) is 5.95 Å². The standard InChI is InChI=1S/C17H31N3/c1-7-9-14(3)20(13-11-17(4,5)6)16-18-12-10-15(8-2)19-16/h10,12,14H,7-9,11,13H2,1-6H3. The Hall–Kier alpha value is -1.12. The lowest BCUT2D eigenvalue weighted by Crippen LogP contribution is -2.37. The normalized spacial score (nSPS) is 13.3. The first-order valence-corrected chi connectivity index (χ1v) is 7.96. The molecular formula is C17H31N3. The highest BCUT2D eigenvalue weighted by Gasteiger charge is 2.20. The Labute approximate surface area is 124 Å². The molecule has 0 amide bonds. The molecule has 1 unspecified atom stereocenters. The second kappa shape index (κ2) is 7.61. The van der Waals surface area contributed by atoms with Crippen molar-refractivity contribution in [3.63, 3.8) is 0 Å². The van der Waals surface area contributed by atoms with E-state index in [1.54, 1.807) is 0 Å². The lowest BCUT2D eigenvalue weighted by molar-refractivity contribution is 0.369. The molecule has 0 aliphatic heterocycles. The molecule has 3 nitrogen and oxygen atoms in total. The summed E-state index contributed by atoms with van der Waals surface area (Å²) in [6, 6.07) is 2.50. The zero-order chi connectivity index (χ0) is 15.2. The van der Waals surface area contributed by atoms with Crippen LogP contribution in [0.3, 0.4) is 0 Å². The van der Waals surface area contributed by atoms with E-state index in [-0.39, 0.29) is 0 Å². The van der Waals surface area contributed by atoms with Crippen LogP contribution in [0.5, 0.6) is 0 Å². The predicted molar refractivity (Wildman–Crippen MR) is 87.2 cm³/mol. The Kier molecular flexibility index (Phi) is 6.44. The van der Waals surface area contributed by atoms with Gasteiger partial charge in [0, 0.05) is 24.5 Å². The largest absolute Gasteiger partial charge is 0.338 e. The van der Waals surface area contributed by atoms with Crippen LogP contribution >= 0.6 is 0 Å². The number of rotatable bonds is 7. The summed E-state index contributed by atoms with van der Waals surface area (Å²) in [4.78, 5) is 11.6. The van der Waals surface area contributed by atoms with Gasteiger partial charge in [-0.15, -0.1) is 0 Å². The molecule has 0 N–H and O–H groups in total. The van der Waals surface area contributed by atoms with Crippen molar-refractivity contribution < 1.29 is 0 Å². The smallest absolute Gasteiger partial charge is 0.225 e. The van der Waals surface area contributed by atoms with Crippen molar-refractivity contribution in [1.29, 1.82) is 0 Å². The van der Waals surface area contributed by atoms with Gasteiger partial charge < -0.3 is 4.90 Å². The molecule has 0 aliphatic rings. The van der Waals surface area contributed by atoms with Gasteiger partial charge in [0.25, 0.3) is 0 Å². The van der Waals surface area contributed by atoms with E-state index < -0.39 is 0 Å². The predicted octanol–water partition coefficient (Wildman–Crippen LogP) is 4.47. The zero-order valence-electron chi connectivity index (χ0n) is 14.1. The summed E-state index contributed by atoms with van der Waals surface area (Å²) in [6.07, 6.45) is 6.39. The van der Waals surface area contributed by atoms with Crippen LogP contribution < -0.4 is 4.90 Å². The van der Waals surface area contributed by atoms with E-state index in [0.29, 0.717) is 11.5 Å². The average Bonchev–Trinajstić information content (AvgIpc) is 2.38. The van der Waals surface area contributed by atoms with Gasteiger partial charge in [-0.05, 0) is 37.7 Å². The van der Waals surface area contributed by atoms with Gasteiger partial charge in [-0.2, -0.15) is 0 Å². The van der Waals surface area contributed by atoms with E-state index in [2.05, 4.69) is 51.4 Å². The molecular weight excluding hydrogens is 246 g/mol. The summed E-state index contributed by atoms with van der Waals surface area (Å²) in [5.41, 5.74) is 1.46. The summed E-state index contributed by atoms with van der Waals surface area (Å²) in [6.45, 7) is 14.6. The molecule has 3 heteroatoms. The molecule has 0 saturated heterocycles. The topological polar surface area (TPSA) is 29.0 Å². The minimum Gasteiger partial charge on any atom is -0.338 e. The number of hydrogen-bond acceptors (Lipinski definition) is 3. The lowest BCUT2D eigenvalue weighted by atomic mass is 9.92. The van der Waals surface area contributed by atoms with E-state index in [9.17, 15) is 0 Å². The fraction of sp³-hybridized carbons (Fsp3) is 0.765. The Balaban J connectivity index is 2.90. The van der Waals surface area contributed by atoms with E-state index >= 15 is 0 Å². The van der Waals surface area contributed by atoms with Crippen molar-refractivity contribution in [2.45, 2.75) is 73.3 Å². The fourth-order valence-corrected chi connectivity index (χ4v) is 2.27. The van der Waals surface area contributed by atoms with Crippen molar-refractivity contribution in [3.8, 4) is 0 Å². The van der Waals surface area contributed by atoms with Crippen LogP contribution in [0, 0.1) is 5.41 Å². The SMILES string of the molecule is CCCC(C)N(CCC(C)(C)C)c1nccc(CC)n1. The molecule has 0 bridgehead atoms. The number of hydrogen-bond donors (Lipinski definition) is 0. The highest BCUT2D eigenvalue weighted by Crippen LogP contribution is 2.22. The van der Waals surface area contributed by atoms with Gasteiger partial charge in [0.05, 0.1) is 0 Å². The molecule has 0 aromatic carbocycles. The van der Waals surface area contributed by atoms with E-state index in [1.807, 2.05) is 12.3 Å². The summed E-state index contributed by atoms with van der Waals surface area (Å²) in [7, 11) is 0. The third-order valence-electron chi connectivity index (χ3n) is 3.66. The Morgan fingerprint density at radius 1 is 1.25 bits per heavy atom. The molecule has 1 heterocycles.